The summed E-state index contributed by atoms with van der Waals surface area (Å²) in [6.45, 7) is 4.01. The number of benzene rings is 2. The number of fused-ring (bicyclic) bond motifs is 1. The lowest BCUT2D eigenvalue weighted by Gasteiger charge is -2.24. The summed E-state index contributed by atoms with van der Waals surface area (Å²) < 4.78 is 0. The van der Waals surface area contributed by atoms with E-state index in [0.717, 1.165) is 42.0 Å². The zero-order valence-electron chi connectivity index (χ0n) is 11.6. The van der Waals surface area contributed by atoms with Crippen molar-refractivity contribution in [3.05, 3.63) is 60.2 Å². The zero-order valence-corrected chi connectivity index (χ0v) is 11.6. The van der Waals surface area contributed by atoms with Crippen molar-refractivity contribution in [1.29, 1.82) is 0 Å². The van der Waals surface area contributed by atoms with E-state index in [1.165, 1.54) is 5.57 Å². The van der Waals surface area contributed by atoms with Crippen LogP contribution in [0.25, 0.3) is 10.8 Å². The van der Waals surface area contributed by atoms with Crippen LogP contribution in [0.15, 0.2) is 54.6 Å². The Kier molecular flexibility index (Phi) is 3.55. The van der Waals surface area contributed by atoms with Crippen molar-refractivity contribution < 1.29 is 4.79 Å². The lowest BCUT2D eigenvalue weighted by atomic mass is 9.91. The number of allylic oxidation sites excluding steroid dienone is 1. The van der Waals surface area contributed by atoms with E-state index in [1.807, 2.05) is 36.4 Å². The van der Waals surface area contributed by atoms with Gasteiger partial charge in [0, 0.05) is 11.6 Å². The molecule has 1 aliphatic rings. The Hall–Kier alpha value is -2.09. The van der Waals surface area contributed by atoms with Crippen molar-refractivity contribution in [2.24, 2.45) is 0 Å². The molecule has 1 amide bonds. The molecule has 2 nitrogen and oxygen atoms in total. The summed E-state index contributed by atoms with van der Waals surface area (Å²) in [5, 5.41) is 5.41. The van der Waals surface area contributed by atoms with Crippen molar-refractivity contribution >= 4 is 16.7 Å². The first-order chi connectivity index (χ1) is 9.72. The Bertz CT molecular complexity index is 649. The van der Waals surface area contributed by atoms with Crippen LogP contribution < -0.4 is 5.32 Å². The predicted molar refractivity (Wildman–Crippen MR) is 82.8 cm³/mol. The summed E-state index contributed by atoms with van der Waals surface area (Å²) in [6, 6.07) is 14.3. The second kappa shape index (κ2) is 5.49. The fraction of sp³-hybridized carbons (Fsp3) is 0.278. The monoisotopic (exact) mass is 265 g/mol. The summed E-state index contributed by atoms with van der Waals surface area (Å²) in [6.07, 6.45) is 4.08. The van der Waals surface area contributed by atoms with Gasteiger partial charge in [0.15, 0.2) is 0 Å². The van der Waals surface area contributed by atoms with E-state index in [9.17, 15) is 4.79 Å². The standard InChI is InChI=1S/C18H19NO/c1-13-6-10-17(11-7-13)19-18(20)16-9-8-14-4-2-3-5-15(14)12-16/h2-5,8-9,12,17H,1,6-7,10-11H2,(H,19,20). The number of hydrogen-bond donors (Lipinski definition) is 1. The first kappa shape index (κ1) is 12.9. The Labute approximate surface area is 119 Å². The highest BCUT2D eigenvalue weighted by molar-refractivity contribution is 5.98. The summed E-state index contributed by atoms with van der Waals surface area (Å²) in [5.41, 5.74) is 2.05. The topological polar surface area (TPSA) is 29.1 Å². The van der Waals surface area contributed by atoms with E-state index in [2.05, 4.69) is 18.0 Å². The molecule has 1 fully saturated rings. The molecule has 1 N–H and O–H groups in total. The minimum atomic E-state index is 0.0354. The first-order valence-electron chi connectivity index (χ1n) is 7.19. The van der Waals surface area contributed by atoms with Gasteiger partial charge in [-0.2, -0.15) is 0 Å². The zero-order chi connectivity index (χ0) is 13.9. The van der Waals surface area contributed by atoms with Gasteiger partial charge in [0.2, 0.25) is 0 Å². The summed E-state index contributed by atoms with van der Waals surface area (Å²) in [4.78, 5) is 12.3. The van der Waals surface area contributed by atoms with E-state index in [1.54, 1.807) is 0 Å². The number of amides is 1. The van der Waals surface area contributed by atoms with Crippen LogP contribution in [0.1, 0.15) is 36.0 Å². The van der Waals surface area contributed by atoms with Gasteiger partial charge in [-0.3, -0.25) is 4.79 Å². The summed E-state index contributed by atoms with van der Waals surface area (Å²) >= 11 is 0. The van der Waals surface area contributed by atoms with Gasteiger partial charge in [-0.1, -0.05) is 42.5 Å². The van der Waals surface area contributed by atoms with Crippen molar-refractivity contribution in [2.75, 3.05) is 0 Å². The molecule has 102 valence electrons. The molecule has 3 rings (SSSR count). The maximum atomic E-state index is 12.3. The molecule has 0 bridgehead atoms. The number of carbonyl (C=O) groups excluding carboxylic acids is 1. The second-order valence-electron chi connectivity index (χ2n) is 5.56. The maximum absolute atomic E-state index is 12.3. The molecule has 2 aromatic rings. The number of carbonyl (C=O) groups is 1. The fourth-order valence-corrected chi connectivity index (χ4v) is 2.77. The molecule has 0 unspecified atom stereocenters. The SMILES string of the molecule is C=C1CCC(NC(=O)c2ccc3ccccc3c2)CC1. The molecular weight excluding hydrogens is 246 g/mol. The summed E-state index contributed by atoms with van der Waals surface area (Å²) in [5.74, 6) is 0.0354. The van der Waals surface area contributed by atoms with Crippen LogP contribution in [0.4, 0.5) is 0 Å². The molecule has 2 heteroatoms. The van der Waals surface area contributed by atoms with E-state index in [0.29, 0.717) is 6.04 Å². The van der Waals surface area contributed by atoms with E-state index >= 15 is 0 Å². The first-order valence-corrected chi connectivity index (χ1v) is 7.19. The summed E-state index contributed by atoms with van der Waals surface area (Å²) in [7, 11) is 0. The highest BCUT2D eigenvalue weighted by atomic mass is 16.1. The average molecular weight is 265 g/mol. The van der Waals surface area contributed by atoms with Gasteiger partial charge in [0.1, 0.15) is 0 Å². The van der Waals surface area contributed by atoms with Crippen molar-refractivity contribution in [3.8, 4) is 0 Å². The van der Waals surface area contributed by atoms with E-state index in [4.69, 9.17) is 0 Å². The van der Waals surface area contributed by atoms with Gasteiger partial charge in [-0.15, -0.1) is 0 Å². The highest BCUT2D eigenvalue weighted by Crippen LogP contribution is 2.22. The third-order valence-electron chi connectivity index (χ3n) is 4.04. The Morgan fingerprint density at radius 2 is 1.75 bits per heavy atom. The number of nitrogens with one attached hydrogen (secondary N) is 1. The Morgan fingerprint density at radius 3 is 2.50 bits per heavy atom. The molecule has 0 saturated heterocycles. The van der Waals surface area contributed by atoms with E-state index in [-0.39, 0.29) is 5.91 Å². The van der Waals surface area contributed by atoms with Crippen LogP contribution in [0.2, 0.25) is 0 Å². The molecular formula is C18H19NO. The normalized spacial score (nSPS) is 16.3. The van der Waals surface area contributed by atoms with Crippen molar-refractivity contribution in [2.45, 2.75) is 31.7 Å². The number of rotatable bonds is 2. The highest BCUT2D eigenvalue weighted by Gasteiger charge is 2.18. The molecule has 0 atom stereocenters. The average Bonchev–Trinajstić information content (AvgIpc) is 2.49. The minimum Gasteiger partial charge on any atom is -0.349 e. The number of hydrogen-bond acceptors (Lipinski definition) is 1. The molecule has 1 saturated carbocycles. The van der Waals surface area contributed by atoms with Gasteiger partial charge < -0.3 is 5.32 Å². The predicted octanol–water partition coefficient (Wildman–Crippen LogP) is 4.07. The largest absolute Gasteiger partial charge is 0.349 e. The van der Waals surface area contributed by atoms with Crippen LogP contribution in [-0.2, 0) is 0 Å². The van der Waals surface area contributed by atoms with Crippen molar-refractivity contribution in [1.82, 2.24) is 5.32 Å². The van der Waals surface area contributed by atoms with Gasteiger partial charge in [0.05, 0.1) is 0 Å². The van der Waals surface area contributed by atoms with Crippen LogP contribution in [-0.4, -0.2) is 11.9 Å². The lowest BCUT2D eigenvalue weighted by Crippen LogP contribution is -2.36. The van der Waals surface area contributed by atoms with Gasteiger partial charge >= 0.3 is 0 Å². The van der Waals surface area contributed by atoms with Crippen LogP contribution in [0.3, 0.4) is 0 Å². The molecule has 0 radical (unpaired) electrons. The molecule has 0 heterocycles. The van der Waals surface area contributed by atoms with Gasteiger partial charge in [-0.05, 0) is 48.6 Å². The molecule has 1 aliphatic carbocycles. The third kappa shape index (κ3) is 2.74. The molecule has 0 aromatic heterocycles. The van der Waals surface area contributed by atoms with Crippen LogP contribution in [0, 0.1) is 0 Å². The van der Waals surface area contributed by atoms with Crippen LogP contribution >= 0.6 is 0 Å². The molecule has 2 aromatic carbocycles. The molecule has 20 heavy (non-hydrogen) atoms. The Morgan fingerprint density at radius 1 is 1.05 bits per heavy atom. The molecule has 0 spiro atoms. The minimum absolute atomic E-state index is 0.0354. The fourth-order valence-electron chi connectivity index (χ4n) is 2.77. The second-order valence-corrected chi connectivity index (χ2v) is 5.56. The molecule has 0 aliphatic heterocycles. The van der Waals surface area contributed by atoms with Crippen LogP contribution in [0.5, 0.6) is 0 Å². The van der Waals surface area contributed by atoms with Crippen molar-refractivity contribution in [3.63, 3.8) is 0 Å². The maximum Gasteiger partial charge on any atom is 0.251 e. The Balaban J connectivity index is 1.73. The van der Waals surface area contributed by atoms with Gasteiger partial charge in [0.25, 0.3) is 5.91 Å². The smallest absolute Gasteiger partial charge is 0.251 e. The quantitative estimate of drug-likeness (QED) is 0.815. The van der Waals surface area contributed by atoms with Gasteiger partial charge in [-0.25, -0.2) is 0 Å². The van der Waals surface area contributed by atoms with E-state index < -0.39 is 0 Å². The third-order valence-corrected chi connectivity index (χ3v) is 4.04. The lowest BCUT2D eigenvalue weighted by molar-refractivity contribution is 0.0930.